The summed E-state index contributed by atoms with van der Waals surface area (Å²) in [5, 5.41) is 12.8. The maximum absolute atomic E-state index is 14.5. The number of halogens is 1. The summed E-state index contributed by atoms with van der Waals surface area (Å²) in [5.74, 6) is -0.868. The molecule has 10 heteroatoms. The first kappa shape index (κ1) is 24.9. The van der Waals surface area contributed by atoms with Crippen molar-refractivity contribution in [2.24, 2.45) is 0 Å². The monoisotopic (exact) mass is 486 g/mol. The zero-order valence-corrected chi connectivity index (χ0v) is 20.2. The standard InChI is InChI=1S/C25H31FN4O5/c1-4-28-7-5-6-17(23(28)32)22(31)27-19-12-16-14-30(15-21(26)25(2,3)34)24(33)18(16)13-20(19)29-8-10-35-11-9-29/h5-7,12-13,21,34H,4,8-11,14-15H2,1-3H3,(H,27,31)/t21-/m1/s1. The van der Waals surface area contributed by atoms with Crippen LogP contribution in [-0.2, 0) is 17.8 Å². The van der Waals surface area contributed by atoms with Crippen molar-refractivity contribution in [1.29, 1.82) is 0 Å². The molecule has 0 aliphatic carbocycles. The van der Waals surface area contributed by atoms with Gasteiger partial charge in [0.2, 0.25) is 0 Å². The van der Waals surface area contributed by atoms with Crippen LogP contribution in [0.5, 0.6) is 0 Å². The van der Waals surface area contributed by atoms with Gasteiger partial charge in [-0.05, 0) is 50.6 Å². The Morgan fingerprint density at radius 3 is 2.63 bits per heavy atom. The van der Waals surface area contributed by atoms with Crippen LogP contribution in [0.25, 0.3) is 0 Å². The van der Waals surface area contributed by atoms with E-state index in [4.69, 9.17) is 4.74 Å². The van der Waals surface area contributed by atoms with E-state index >= 15 is 0 Å². The molecular formula is C25H31FN4O5. The number of hydrogen-bond acceptors (Lipinski definition) is 6. The van der Waals surface area contributed by atoms with Crippen LogP contribution in [0.15, 0.2) is 35.3 Å². The molecule has 2 amide bonds. The number of pyridine rings is 1. The van der Waals surface area contributed by atoms with E-state index in [0.717, 1.165) is 0 Å². The number of morpholine rings is 1. The van der Waals surface area contributed by atoms with Crippen molar-refractivity contribution in [3.63, 3.8) is 0 Å². The lowest BCUT2D eigenvalue weighted by Crippen LogP contribution is -2.42. The largest absolute Gasteiger partial charge is 0.387 e. The Balaban J connectivity index is 1.68. The van der Waals surface area contributed by atoms with E-state index in [0.29, 0.717) is 55.3 Å². The van der Waals surface area contributed by atoms with Crippen LogP contribution in [-0.4, -0.2) is 71.0 Å². The molecule has 0 spiro atoms. The Bertz CT molecular complexity index is 1180. The van der Waals surface area contributed by atoms with Crippen LogP contribution in [0.3, 0.4) is 0 Å². The smallest absolute Gasteiger partial charge is 0.263 e. The fourth-order valence-electron chi connectivity index (χ4n) is 4.29. The molecule has 35 heavy (non-hydrogen) atoms. The van der Waals surface area contributed by atoms with Crippen molar-refractivity contribution in [1.82, 2.24) is 9.47 Å². The first-order valence-corrected chi connectivity index (χ1v) is 11.8. The van der Waals surface area contributed by atoms with Crippen molar-refractivity contribution in [3.8, 4) is 0 Å². The van der Waals surface area contributed by atoms with Crippen LogP contribution in [0.2, 0.25) is 0 Å². The molecule has 1 saturated heterocycles. The summed E-state index contributed by atoms with van der Waals surface area (Å²) < 4.78 is 21.4. The van der Waals surface area contributed by atoms with Gasteiger partial charge in [-0.2, -0.15) is 0 Å². The number of carbonyl (C=O) groups excluding carboxylic acids is 2. The highest BCUT2D eigenvalue weighted by Crippen LogP contribution is 2.35. The number of carbonyl (C=O) groups is 2. The molecular weight excluding hydrogens is 455 g/mol. The summed E-state index contributed by atoms with van der Waals surface area (Å²) in [7, 11) is 0. The van der Waals surface area contributed by atoms with Gasteiger partial charge in [0.15, 0.2) is 0 Å². The minimum Gasteiger partial charge on any atom is -0.387 e. The van der Waals surface area contributed by atoms with E-state index in [1.54, 1.807) is 24.4 Å². The van der Waals surface area contributed by atoms with Crippen molar-refractivity contribution in [2.45, 2.75) is 45.6 Å². The van der Waals surface area contributed by atoms with Crippen molar-refractivity contribution < 1.29 is 23.8 Å². The summed E-state index contributed by atoms with van der Waals surface area (Å²) in [4.78, 5) is 42.2. The third-order valence-electron chi connectivity index (χ3n) is 6.45. The van der Waals surface area contributed by atoms with Gasteiger partial charge < -0.3 is 29.5 Å². The minimum absolute atomic E-state index is 0.0194. The van der Waals surface area contributed by atoms with Gasteiger partial charge in [-0.1, -0.05) is 0 Å². The molecule has 0 unspecified atom stereocenters. The molecule has 1 aromatic heterocycles. The molecule has 4 rings (SSSR count). The van der Waals surface area contributed by atoms with Crippen LogP contribution >= 0.6 is 0 Å². The maximum Gasteiger partial charge on any atom is 0.263 e. The Morgan fingerprint density at radius 1 is 1.26 bits per heavy atom. The van der Waals surface area contributed by atoms with Crippen molar-refractivity contribution in [3.05, 3.63) is 57.5 Å². The third kappa shape index (κ3) is 5.08. The molecule has 0 radical (unpaired) electrons. The summed E-state index contributed by atoms with van der Waals surface area (Å²) in [6.07, 6.45) is 0.0112. The summed E-state index contributed by atoms with van der Waals surface area (Å²) in [5.41, 5.74) is 0.241. The lowest BCUT2D eigenvalue weighted by atomic mass is 10.0. The molecule has 0 saturated carbocycles. The number of ether oxygens (including phenoxy) is 1. The second-order valence-electron chi connectivity index (χ2n) is 9.40. The van der Waals surface area contributed by atoms with Gasteiger partial charge in [0.25, 0.3) is 17.4 Å². The van der Waals surface area contributed by atoms with Crippen LogP contribution < -0.4 is 15.8 Å². The molecule has 1 atom stereocenters. The van der Waals surface area contributed by atoms with Gasteiger partial charge in [-0.25, -0.2) is 4.39 Å². The molecule has 2 aliphatic heterocycles. The third-order valence-corrected chi connectivity index (χ3v) is 6.45. The quantitative estimate of drug-likeness (QED) is 0.621. The zero-order valence-electron chi connectivity index (χ0n) is 20.2. The van der Waals surface area contributed by atoms with Crippen LogP contribution in [0.1, 0.15) is 47.1 Å². The Labute approximate surface area is 203 Å². The molecule has 188 valence electrons. The van der Waals surface area contributed by atoms with Gasteiger partial charge in [-0.3, -0.25) is 14.4 Å². The Kier molecular flexibility index (Phi) is 6.95. The average Bonchev–Trinajstić information content (AvgIpc) is 3.12. The molecule has 2 aromatic rings. The number of aryl methyl sites for hydroxylation is 1. The summed E-state index contributed by atoms with van der Waals surface area (Å²) in [6, 6.07) is 6.56. The highest BCUT2D eigenvalue weighted by atomic mass is 19.1. The predicted molar refractivity (Wildman–Crippen MR) is 130 cm³/mol. The number of nitrogens with one attached hydrogen (secondary N) is 1. The van der Waals surface area contributed by atoms with E-state index in [1.165, 1.54) is 29.4 Å². The highest BCUT2D eigenvalue weighted by Gasteiger charge is 2.35. The number of alkyl halides is 1. The molecule has 9 nitrogen and oxygen atoms in total. The fraction of sp³-hybridized carbons (Fsp3) is 0.480. The molecule has 1 aromatic carbocycles. The van der Waals surface area contributed by atoms with Crippen LogP contribution in [0, 0.1) is 0 Å². The highest BCUT2D eigenvalue weighted by molar-refractivity contribution is 6.07. The minimum atomic E-state index is -1.61. The van der Waals surface area contributed by atoms with Crippen LogP contribution in [0.4, 0.5) is 15.8 Å². The van der Waals surface area contributed by atoms with E-state index in [9.17, 15) is 23.9 Å². The van der Waals surface area contributed by atoms with Gasteiger partial charge in [0.1, 0.15) is 11.7 Å². The van der Waals surface area contributed by atoms with E-state index < -0.39 is 17.7 Å². The number of benzene rings is 1. The summed E-state index contributed by atoms with van der Waals surface area (Å²) in [6.45, 7) is 7.05. The number of aliphatic hydroxyl groups is 1. The lowest BCUT2D eigenvalue weighted by molar-refractivity contribution is -0.0159. The number of anilines is 2. The SMILES string of the molecule is CCn1cccc(C(=O)Nc2cc3c(cc2N2CCOCC2)C(=O)N(C[C@@H](F)C(C)(C)O)C3)c1=O. The number of aromatic nitrogens is 1. The second-order valence-corrected chi connectivity index (χ2v) is 9.40. The Hall–Kier alpha value is -3.24. The second kappa shape index (κ2) is 9.79. The van der Waals surface area contributed by atoms with Crippen molar-refractivity contribution >= 4 is 23.2 Å². The Morgan fingerprint density at radius 2 is 1.97 bits per heavy atom. The average molecular weight is 487 g/mol. The van der Waals surface area contributed by atoms with Gasteiger partial charge >= 0.3 is 0 Å². The number of fused-ring (bicyclic) bond motifs is 1. The first-order chi connectivity index (χ1) is 16.6. The topological polar surface area (TPSA) is 104 Å². The number of nitrogens with zero attached hydrogens (tertiary/aromatic N) is 3. The number of hydrogen-bond donors (Lipinski definition) is 2. The first-order valence-electron chi connectivity index (χ1n) is 11.8. The summed E-state index contributed by atoms with van der Waals surface area (Å²) >= 11 is 0. The van der Waals surface area contributed by atoms with Gasteiger partial charge in [0.05, 0.1) is 36.7 Å². The molecule has 2 aliphatic rings. The number of rotatable bonds is 7. The van der Waals surface area contributed by atoms with E-state index in [1.807, 2.05) is 11.8 Å². The zero-order chi connectivity index (χ0) is 25.3. The van der Waals surface area contributed by atoms with Gasteiger partial charge in [0, 0.05) is 37.9 Å². The molecule has 3 heterocycles. The maximum atomic E-state index is 14.5. The van der Waals surface area contributed by atoms with Gasteiger partial charge in [-0.15, -0.1) is 0 Å². The lowest BCUT2D eigenvalue weighted by Gasteiger charge is -2.31. The molecule has 2 N–H and O–H groups in total. The normalized spacial score (nSPS) is 16.9. The van der Waals surface area contributed by atoms with Crippen molar-refractivity contribution in [2.75, 3.05) is 43.1 Å². The molecule has 0 bridgehead atoms. The van der Waals surface area contributed by atoms with E-state index in [-0.39, 0.29) is 30.1 Å². The fourth-order valence-corrected chi connectivity index (χ4v) is 4.29. The molecule has 1 fully saturated rings. The number of amides is 2. The predicted octanol–water partition coefficient (Wildman–Crippen LogP) is 2.02. The van der Waals surface area contributed by atoms with E-state index in [2.05, 4.69) is 5.32 Å².